The van der Waals surface area contributed by atoms with E-state index in [4.69, 9.17) is 0 Å². The van der Waals surface area contributed by atoms with Crippen molar-refractivity contribution in [1.29, 1.82) is 0 Å². The molecule has 1 saturated heterocycles. The zero-order valence-corrected chi connectivity index (χ0v) is 17.5. The van der Waals surface area contributed by atoms with Gasteiger partial charge in [0.1, 0.15) is 11.6 Å². The molecule has 0 aliphatic carbocycles. The maximum Gasteiger partial charge on any atom is 0.458 e. The third-order valence-corrected chi connectivity index (χ3v) is 5.41. The molecule has 0 atom stereocenters. The Morgan fingerprint density at radius 2 is 1.62 bits per heavy atom. The Kier molecular flexibility index (Phi) is 6.20. The van der Waals surface area contributed by atoms with Crippen molar-refractivity contribution >= 4 is 17.4 Å². The fourth-order valence-corrected chi connectivity index (χ4v) is 3.66. The van der Waals surface area contributed by atoms with Crippen molar-refractivity contribution in [2.75, 3.05) is 23.3 Å². The molecule has 1 N–H and O–H groups in total. The smallest absolute Gasteiger partial charge is 0.356 e. The molecule has 2 aromatic heterocycles. The molecular formula is C23H18F6N4O. The summed E-state index contributed by atoms with van der Waals surface area (Å²) in [6.45, 7) is 1.51. The molecule has 178 valence electrons. The van der Waals surface area contributed by atoms with E-state index in [-0.39, 0.29) is 11.3 Å². The number of benzene rings is 1. The minimum absolute atomic E-state index is 0.0179. The van der Waals surface area contributed by atoms with Gasteiger partial charge in [0.15, 0.2) is 0 Å². The van der Waals surface area contributed by atoms with Gasteiger partial charge in [0.2, 0.25) is 0 Å². The lowest BCUT2D eigenvalue weighted by molar-refractivity contribution is -0.289. The SMILES string of the molecule is O=C(Nc1ccc(C(F)(F)C(F)(F)F)cc1)c1cnc(N2CCCC2)c(-c2cncc(F)c2)c1. The number of hydrogen-bond donors (Lipinski definition) is 1. The number of halogens is 6. The summed E-state index contributed by atoms with van der Waals surface area (Å²) in [5.74, 6) is -5.67. The molecule has 0 radical (unpaired) electrons. The standard InChI is InChI=1S/C23H18F6N4O/c24-17-9-14(11-30-13-17)19-10-15(12-31-20(19)33-7-1-2-8-33)21(34)32-18-5-3-16(4-6-18)22(25,26)23(27,28)29/h3-6,9-13H,1-2,7-8H2,(H,32,34). The summed E-state index contributed by atoms with van der Waals surface area (Å²) in [5.41, 5.74) is -0.226. The monoisotopic (exact) mass is 480 g/mol. The van der Waals surface area contributed by atoms with Crippen LogP contribution in [0.15, 0.2) is 55.0 Å². The van der Waals surface area contributed by atoms with Gasteiger partial charge >= 0.3 is 12.1 Å². The fourth-order valence-electron chi connectivity index (χ4n) is 3.66. The minimum Gasteiger partial charge on any atom is -0.356 e. The largest absolute Gasteiger partial charge is 0.458 e. The maximum atomic E-state index is 13.8. The maximum absolute atomic E-state index is 13.8. The van der Waals surface area contributed by atoms with Crippen LogP contribution in [-0.4, -0.2) is 35.1 Å². The molecular weight excluding hydrogens is 462 g/mol. The van der Waals surface area contributed by atoms with Crippen LogP contribution in [0.3, 0.4) is 0 Å². The molecule has 0 bridgehead atoms. The van der Waals surface area contributed by atoms with Crippen LogP contribution in [0.1, 0.15) is 28.8 Å². The van der Waals surface area contributed by atoms with Crippen molar-refractivity contribution in [2.24, 2.45) is 0 Å². The van der Waals surface area contributed by atoms with Gasteiger partial charge in [-0.05, 0) is 37.1 Å². The quantitative estimate of drug-likeness (QED) is 0.470. The van der Waals surface area contributed by atoms with Gasteiger partial charge in [0, 0.05) is 47.9 Å². The number of pyridine rings is 2. The minimum atomic E-state index is -5.73. The average Bonchev–Trinajstić information content (AvgIpc) is 3.33. The van der Waals surface area contributed by atoms with E-state index < -0.39 is 29.4 Å². The van der Waals surface area contributed by atoms with E-state index in [9.17, 15) is 31.1 Å². The molecule has 1 aliphatic heterocycles. The van der Waals surface area contributed by atoms with Crippen LogP contribution in [0.2, 0.25) is 0 Å². The third-order valence-electron chi connectivity index (χ3n) is 5.41. The lowest BCUT2D eigenvalue weighted by atomic mass is 10.1. The van der Waals surface area contributed by atoms with Crippen molar-refractivity contribution in [2.45, 2.75) is 24.9 Å². The molecule has 34 heavy (non-hydrogen) atoms. The number of aromatic nitrogens is 2. The molecule has 1 amide bonds. The molecule has 4 rings (SSSR count). The first-order chi connectivity index (χ1) is 16.1. The van der Waals surface area contributed by atoms with E-state index in [1.165, 1.54) is 24.5 Å². The molecule has 0 spiro atoms. The Hall–Kier alpha value is -3.63. The number of carbonyl (C=O) groups excluding carboxylic acids is 1. The number of nitrogens with one attached hydrogen (secondary N) is 1. The fraction of sp³-hybridized carbons (Fsp3) is 0.261. The second-order valence-corrected chi connectivity index (χ2v) is 7.78. The van der Waals surface area contributed by atoms with Gasteiger partial charge in [-0.25, -0.2) is 9.37 Å². The molecule has 0 unspecified atom stereocenters. The number of nitrogens with zero attached hydrogens (tertiary/aromatic N) is 3. The van der Waals surface area contributed by atoms with Crippen LogP contribution in [-0.2, 0) is 5.92 Å². The predicted molar refractivity (Wildman–Crippen MR) is 113 cm³/mol. The Balaban J connectivity index is 1.61. The highest BCUT2D eigenvalue weighted by molar-refractivity contribution is 6.05. The van der Waals surface area contributed by atoms with Crippen molar-refractivity contribution < 1.29 is 31.1 Å². The van der Waals surface area contributed by atoms with E-state index in [0.717, 1.165) is 44.3 Å². The summed E-state index contributed by atoms with van der Waals surface area (Å²) < 4.78 is 78.4. The van der Waals surface area contributed by atoms with E-state index in [1.807, 2.05) is 4.90 Å². The topological polar surface area (TPSA) is 58.1 Å². The van der Waals surface area contributed by atoms with Gasteiger partial charge in [-0.3, -0.25) is 9.78 Å². The number of anilines is 2. The van der Waals surface area contributed by atoms with Crippen LogP contribution >= 0.6 is 0 Å². The summed E-state index contributed by atoms with van der Waals surface area (Å²) >= 11 is 0. The molecule has 3 aromatic rings. The molecule has 0 saturated carbocycles. The summed E-state index contributed by atoms with van der Waals surface area (Å²) in [5, 5.41) is 2.45. The summed E-state index contributed by atoms with van der Waals surface area (Å²) in [6, 6.07) is 5.89. The Morgan fingerprint density at radius 1 is 0.941 bits per heavy atom. The first kappa shape index (κ1) is 23.5. The molecule has 1 fully saturated rings. The number of alkyl halides is 5. The highest BCUT2D eigenvalue weighted by atomic mass is 19.4. The van der Waals surface area contributed by atoms with Crippen molar-refractivity contribution in [1.82, 2.24) is 9.97 Å². The lowest BCUT2D eigenvalue weighted by Gasteiger charge is -2.21. The number of carbonyl (C=O) groups is 1. The first-order valence-corrected chi connectivity index (χ1v) is 10.3. The molecule has 3 heterocycles. The molecule has 11 heteroatoms. The predicted octanol–water partition coefficient (Wildman–Crippen LogP) is 5.79. The number of amides is 1. The van der Waals surface area contributed by atoms with Crippen molar-refractivity contribution in [3.05, 3.63) is 71.9 Å². The Bertz CT molecular complexity index is 1190. The van der Waals surface area contributed by atoms with Gasteiger partial charge in [0.05, 0.1) is 11.8 Å². The molecule has 1 aliphatic rings. The Labute approximate surface area is 190 Å². The van der Waals surface area contributed by atoms with Crippen LogP contribution < -0.4 is 10.2 Å². The van der Waals surface area contributed by atoms with Crippen LogP contribution in [0.5, 0.6) is 0 Å². The lowest BCUT2D eigenvalue weighted by Crippen LogP contribution is -2.33. The van der Waals surface area contributed by atoms with Gasteiger partial charge in [-0.15, -0.1) is 0 Å². The average molecular weight is 480 g/mol. The van der Waals surface area contributed by atoms with Crippen molar-refractivity contribution in [3.63, 3.8) is 0 Å². The normalized spacial score (nSPS) is 14.4. The second-order valence-electron chi connectivity index (χ2n) is 7.78. The number of hydrogen-bond acceptors (Lipinski definition) is 4. The van der Waals surface area contributed by atoms with Crippen LogP contribution in [0.25, 0.3) is 11.1 Å². The van der Waals surface area contributed by atoms with E-state index >= 15 is 0 Å². The van der Waals surface area contributed by atoms with E-state index in [0.29, 0.717) is 29.1 Å². The van der Waals surface area contributed by atoms with E-state index in [1.54, 1.807) is 0 Å². The van der Waals surface area contributed by atoms with Gasteiger partial charge in [0.25, 0.3) is 5.91 Å². The summed E-state index contributed by atoms with van der Waals surface area (Å²) in [7, 11) is 0. The zero-order valence-electron chi connectivity index (χ0n) is 17.5. The van der Waals surface area contributed by atoms with Gasteiger partial charge in [-0.2, -0.15) is 22.0 Å². The zero-order chi connectivity index (χ0) is 24.5. The van der Waals surface area contributed by atoms with Gasteiger partial charge in [-0.1, -0.05) is 12.1 Å². The highest BCUT2D eigenvalue weighted by Gasteiger charge is 2.58. The molecule has 1 aromatic carbocycles. The van der Waals surface area contributed by atoms with E-state index in [2.05, 4.69) is 15.3 Å². The third kappa shape index (κ3) is 4.68. The summed E-state index contributed by atoms with van der Waals surface area (Å²) in [4.78, 5) is 23.0. The molecule has 5 nitrogen and oxygen atoms in total. The second kappa shape index (κ2) is 8.96. The first-order valence-electron chi connectivity index (χ1n) is 10.3. The van der Waals surface area contributed by atoms with Crippen LogP contribution in [0, 0.1) is 5.82 Å². The Morgan fingerprint density at radius 3 is 2.24 bits per heavy atom. The van der Waals surface area contributed by atoms with Crippen molar-refractivity contribution in [3.8, 4) is 11.1 Å². The van der Waals surface area contributed by atoms with Gasteiger partial charge < -0.3 is 10.2 Å². The highest BCUT2D eigenvalue weighted by Crippen LogP contribution is 2.44. The number of rotatable bonds is 5. The summed E-state index contributed by atoms with van der Waals surface area (Å²) in [6.07, 6.45) is 0.0201. The van der Waals surface area contributed by atoms with Crippen LogP contribution in [0.4, 0.5) is 37.8 Å².